The largest absolute Gasteiger partial charge is 0.507 e. The van der Waals surface area contributed by atoms with Gasteiger partial charge >= 0.3 is 0 Å². The molecule has 0 amide bonds. The topological polar surface area (TPSA) is 97.7 Å². The molecule has 0 aliphatic rings. The second kappa shape index (κ2) is 8.43. The molecule has 0 saturated carbocycles. The molecule has 29 heavy (non-hydrogen) atoms. The minimum atomic E-state index is -0.584. The van der Waals surface area contributed by atoms with Crippen LogP contribution in [-0.4, -0.2) is 46.1 Å². The number of aromatic hydroxyl groups is 2. The van der Waals surface area contributed by atoms with Crippen LogP contribution in [0.4, 0.5) is 0 Å². The minimum absolute atomic E-state index is 0.113. The fourth-order valence-electron chi connectivity index (χ4n) is 3.57. The molecule has 0 spiro atoms. The quantitative estimate of drug-likeness (QED) is 0.297. The first kappa shape index (κ1) is 19.1. The van der Waals surface area contributed by atoms with E-state index < -0.39 is 6.10 Å². The first-order valence-corrected chi connectivity index (χ1v) is 9.64. The van der Waals surface area contributed by atoms with Gasteiger partial charge in [0.2, 0.25) is 0 Å². The predicted molar refractivity (Wildman–Crippen MR) is 114 cm³/mol. The van der Waals surface area contributed by atoms with Crippen LogP contribution < -0.4 is 10.1 Å². The van der Waals surface area contributed by atoms with Gasteiger partial charge in [0.15, 0.2) is 11.5 Å². The zero-order valence-corrected chi connectivity index (χ0v) is 15.9. The molecular weight excluding hydrogens is 368 g/mol. The Hall–Kier alpha value is -3.22. The molecule has 5 N–H and O–H groups in total. The van der Waals surface area contributed by atoms with Crippen molar-refractivity contribution < 1.29 is 20.1 Å². The van der Waals surface area contributed by atoms with E-state index in [1.807, 2.05) is 30.3 Å². The van der Waals surface area contributed by atoms with Crippen molar-refractivity contribution in [3.05, 3.63) is 66.2 Å². The van der Waals surface area contributed by atoms with Gasteiger partial charge in [0.25, 0.3) is 0 Å². The third-order valence-electron chi connectivity index (χ3n) is 4.96. The van der Waals surface area contributed by atoms with Crippen molar-refractivity contribution in [1.29, 1.82) is 0 Å². The maximum Gasteiger partial charge on any atom is 0.160 e. The minimum Gasteiger partial charge on any atom is -0.507 e. The zero-order valence-electron chi connectivity index (χ0n) is 15.9. The number of aliphatic hydroxyl groups is 1. The summed E-state index contributed by atoms with van der Waals surface area (Å²) >= 11 is 0. The maximum absolute atomic E-state index is 10.4. The summed E-state index contributed by atoms with van der Waals surface area (Å²) < 4.78 is 5.51. The number of rotatable bonds is 8. The van der Waals surface area contributed by atoms with Crippen LogP contribution >= 0.6 is 0 Å². The van der Waals surface area contributed by atoms with Crippen molar-refractivity contribution in [1.82, 2.24) is 10.3 Å². The molecule has 6 heteroatoms. The summed E-state index contributed by atoms with van der Waals surface area (Å²) in [6, 6.07) is 18.2. The Kier molecular flexibility index (Phi) is 5.55. The number of hydrogen-bond acceptors (Lipinski definition) is 5. The molecular formula is C23H24N2O4. The number of phenols is 2. The van der Waals surface area contributed by atoms with Crippen LogP contribution in [0.2, 0.25) is 0 Å². The molecule has 0 fully saturated rings. The van der Waals surface area contributed by atoms with E-state index in [-0.39, 0.29) is 11.5 Å². The van der Waals surface area contributed by atoms with Crippen LogP contribution in [0.3, 0.4) is 0 Å². The molecule has 4 rings (SSSR count). The summed E-state index contributed by atoms with van der Waals surface area (Å²) in [5.74, 6) is 0.789. The SMILES string of the molecule is Oc1ccccc1OCCNCC(O)Cc1ccc(O)c2c1[nH]c1ccccc12. The molecule has 6 nitrogen and oxygen atoms in total. The van der Waals surface area contributed by atoms with E-state index >= 15 is 0 Å². The Morgan fingerprint density at radius 2 is 1.72 bits per heavy atom. The predicted octanol–water partition coefficient (Wildman–Crippen LogP) is 3.30. The highest BCUT2D eigenvalue weighted by Gasteiger charge is 2.14. The lowest BCUT2D eigenvalue weighted by Gasteiger charge is -2.14. The van der Waals surface area contributed by atoms with Gasteiger partial charge in [-0.2, -0.15) is 0 Å². The Bertz CT molecular complexity index is 1120. The van der Waals surface area contributed by atoms with Crippen LogP contribution in [0.1, 0.15) is 5.56 Å². The molecule has 3 aromatic carbocycles. The first-order valence-electron chi connectivity index (χ1n) is 9.64. The molecule has 0 radical (unpaired) electrons. The fraction of sp³-hybridized carbons (Fsp3) is 0.217. The summed E-state index contributed by atoms with van der Waals surface area (Å²) in [6.45, 7) is 1.34. The van der Waals surface area contributed by atoms with Gasteiger partial charge in [-0.1, -0.05) is 36.4 Å². The number of phenolic OH excluding ortho intramolecular Hbond substituents is 2. The third kappa shape index (κ3) is 4.13. The van der Waals surface area contributed by atoms with Gasteiger partial charge in [-0.25, -0.2) is 0 Å². The van der Waals surface area contributed by atoms with Gasteiger partial charge in [0, 0.05) is 35.8 Å². The smallest absolute Gasteiger partial charge is 0.160 e. The van der Waals surface area contributed by atoms with Crippen LogP contribution in [0.25, 0.3) is 21.8 Å². The second-order valence-corrected chi connectivity index (χ2v) is 7.04. The zero-order chi connectivity index (χ0) is 20.2. The lowest BCUT2D eigenvalue weighted by atomic mass is 10.0. The van der Waals surface area contributed by atoms with Gasteiger partial charge in [0.05, 0.1) is 11.6 Å². The van der Waals surface area contributed by atoms with E-state index in [9.17, 15) is 15.3 Å². The summed E-state index contributed by atoms with van der Waals surface area (Å²) in [7, 11) is 0. The first-order chi connectivity index (χ1) is 14.1. The van der Waals surface area contributed by atoms with Gasteiger partial charge in [-0.05, 0) is 29.8 Å². The lowest BCUT2D eigenvalue weighted by Crippen LogP contribution is -2.31. The van der Waals surface area contributed by atoms with E-state index in [4.69, 9.17) is 4.74 Å². The number of aliphatic hydroxyl groups excluding tert-OH is 1. The average Bonchev–Trinajstić information content (AvgIpc) is 3.12. The number of H-pyrrole nitrogens is 1. The molecule has 0 aliphatic heterocycles. The summed E-state index contributed by atoms with van der Waals surface area (Å²) in [5.41, 5.74) is 2.76. The summed E-state index contributed by atoms with van der Waals surface area (Å²) in [5, 5.41) is 35.3. The molecule has 1 aromatic heterocycles. The number of aromatic nitrogens is 1. The van der Waals surface area contributed by atoms with Crippen LogP contribution in [-0.2, 0) is 6.42 Å². The fourth-order valence-corrected chi connectivity index (χ4v) is 3.57. The second-order valence-electron chi connectivity index (χ2n) is 7.04. The lowest BCUT2D eigenvalue weighted by molar-refractivity contribution is 0.169. The van der Waals surface area contributed by atoms with E-state index in [1.54, 1.807) is 30.3 Å². The Labute approximate surface area is 168 Å². The number of aromatic amines is 1. The molecule has 1 unspecified atom stereocenters. The van der Waals surface area contributed by atoms with Gasteiger partial charge in [-0.15, -0.1) is 0 Å². The molecule has 1 atom stereocenters. The molecule has 0 aliphatic carbocycles. The highest BCUT2D eigenvalue weighted by molar-refractivity contribution is 6.11. The van der Waals surface area contributed by atoms with Crippen molar-refractivity contribution in [3.8, 4) is 17.2 Å². The number of ether oxygens (including phenoxy) is 1. The van der Waals surface area contributed by atoms with Crippen LogP contribution in [0.5, 0.6) is 17.2 Å². The molecule has 4 aromatic rings. The van der Waals surface area contributed by atoms with Crippen LogP contribution in [0, 0.1) is 0 Å². The highest BCUT2D eigenvalue weighted by Crippen LogP contribution is 2.34. The van der Waals surface area contributed by atoms with Gasteiger partial charge in [0.1, 0.15) is 12.4 Å². The Morgan fingerprint density at radius 3 is 2.59 bits per heavy atom. The standard InChI is InChI=1S/C23H24N2O4/c26-16(14-24-11-12-29-21-8-4-3-7-19(21)27)13-15-9-10-20(28)22-17-5-1-2-6-18(17)25-23(15)22/h1-10,16,24-28H,11-14H2. The summed E-state index contributed by atoms with van der Waals surface area (Å²) in [6.07, 6.45) is -0.129. The molecule has 0 bridgehead atoms. The average molecular weight is 392 g/mol. The molecule has 150 valence electrons. The Balaban J connectivity index is 1.35. The van der Waals surface area contributed by atoms with E-state index in [0.29, 0.717) is 31.9 Å². The van der Waals surface area contributed by atoms with Crippen molar-refractivity contribution in [2.45, 2.75) is 12.5 Å². The third-order valence-corrected chi connectivity index (χ3v) is 4.96. The van der Waals surface area contributed by atoms with Gasteiger partial charge in [-0.3, -0.25) is 0 Å². The Morgan fingerprint density at radius 1 is 0.931 bits per heavy atom. The monoisotopic (exact) mass is 392 g/mol. The number of hydrogen-bond donors (Lipinski definition) is 5. The number of benzene rings is 3. The number of nitrogens with one attached hydrogen (secondary N) is 2. The van der Waals surface area contributed by atoms with Crippen molar-refractivity contribution in [2.75, 3.05) is 19.7 Å². The van der Waals surface area contributed by atoms with Crippen molar-refractivity contribution >= 4 is 21.8 Å². The summed E-state index contributed by atoms with van der Waals surface area (Å²) in [4.78, 5) is 3.36. The molecule has 1 heterocycles. The number of fused-ring (bicyclic) bond motifs is 3. The highest BCUT2D eigenvalue weighted by atomic mass is 16.5. The van der Waals surface area contributed by atoms with Crippen LogP contribution in [0.15, 0.2) is 60.7 Å². The normalized spacial score (nSPS) is 12.4. The van der Waals surface area contributed by atoms with Crippen molar-refractivity contribution in [2.24, 2.45) is 0 Å². The van der Waals surface area contributed by atoms with E-state index in [0.717, 1.165) is 27.4 Å². The van der Waals surface area contributed by atoms with E-state index in [1.165, 1.54) is 0 Å². The van der Waals surface area contributed by atoms with Crippen molar-refractivity contribution in [3.63, 3.8) is 0 Å². The van der Waals surface area contributed by atoms with E-state index in [2.05, 4.69) is 10.3 Å². The maximum atomic E-state index is 10.4. The van der Waals surface area contributed by atoms with Gasteiger partial charge < -0.3 is 30.4 Å². The molecule has 0 saturated heterocycles. The number of para-hydroxylation sites is 3.